The summed E-state index contributed by atoms with van der Waals surface area (Å²) in [6.07, 6.45) is -0.127. The first kappa shape index (κ1) is 25.2. The van der Waals surface area contributed by atoms with E-state index in [0.717, 1.165) is 27.9 Å². The van der Waals surface area contributed by atoms with E-state index in [4.69, 9.17) is 5.11 Å². The lowest BCUT2D eigenvalue weighted by atomic mass is 9.98. The Balaban J connectivity index is 1.43. The quantitative estimate of drug-likeness (QED) is 0.221. The number of anilines is 1. The van der Waals surface area contributed by atoms with E-state index in [1.54, 1.807) is 18.2 Å². The minimum Gasteiger partial charge on any atom is -0.481 e. The number of carbonyl (C=O) groups is 2. The number of nitroso groups, excluding NO2 is 1. The van der Waals surface area contributed by atoms with Crippen LogP contribution in [-0.2, 0) is 11.3 Å². The van der Waals surface area contributed by atoms with Crippen molar-refractivity contribution in [2.75, 3.05) is 11.9 Å². The van der Waals surface area contributed by atoms with Crippen molar-refractivity contribution in [3.8, 4) is 22.3 Å². The Kier molecular flexibility index (Phi) is 8.00. The van der Waals surface area contributed by atoms with E-state index in [1.165, 1.54) is 12.1 Å². The molecule has 3 N–H and O–H groups in total. The summed E-state index contributed by atoms with van der Waals surface area (Å²) in [5.74, 6) is -1.93. The van der Waals surface area contributed by atoms with E-state index >= 15 is 0 Å². The molecule has 0 radical (unpaired) electrons. The first-order valence-corrected chi connectivity index (χ1v) is 11.6. The van der Waals surface area contributed by atoms with Gasteiger partial charge in [-0.3, -0.25) is 9.59 Å². The van der Waals surface area contributed by atoms with Crippen molar-refractivity contribution in [3.05, 3.63) is 113 Å². The second-order valence-corrected chi connectivity index (χ2v) is 8.32. The summed E-state index contributed by atoms with van der Waals surface area (Å²) in [6, 6.07) is 27.0. The maximum atomic E-state index is 13.6. The average Bonchev–Trinajstić information content (AvgIpc) is 2.92. The molecule has 1 amide bonds. The lowest BCUT2D eigenvalue weighted by Gasteiger charge is -2.13. The SMILES string of the molecule is O=Nc1cc(-c2ccc(NCc3ccccc3-c3ccc(C(=O)NCCC(=O)O)cc3)cc2)ccc1F. The summed E-state index contributed by atoms with van der Waals surface area (Å²) in [5.41, 5.74) is 5.70. The number of amides is 1. The largest absolute Gasteiger partial charge is 0.481 e. The molecule has 186 valence electrons. The van der Waals surface area contributed by atoms with Gasteiger partial charge in [-0.05, 0) is 69.4 Å². The smallest absolute Gasteiger partial charge is 0.305 e. The fraction of sp³-hybridized carbons (Fsp3) is 0.103. The maximum Gasteiger partial charge on any atom is 0.305 e. The first-order chi connectivity index (χ1) is 17.9. The summed E-state index contributed by atoms with van der Waals surface area (Å²) < 4.78 is 13.6. The third-order valence-corrected chi connectivity index (χ3v) is 5.85. The Morgan fingerprint density at radius 2 is 1.51 bits per heavy atom. The van der Waals surface area contributed by atoms with Gasteiger partial charge in [0.1, 0.15) is 5.69 Å². The number of carboxylic acids is 1. The molecule has 37 heavy (non-hydrogen) atoms. The van der Waals surface area contributed by atoms with Crippen LogP contribution in [0.15, 0.2) is 96.2 Å². The number of benzene rings is 4. The predicted octanol–water partition coefficient (Wildman–Crippen LogP) is 6.37. The van der Waals surface area contributed by atoms with Crippen molar-refractivity contribution >= 4 is 23.3 Å². The Morgan fingerprint density at radius 3 is 2.22 bits per heavy atom. The third-order valence-electron chi connectivity index (χ3n) is 5.85. The fourth-order valence-corrected chi connectivity index (χ4v) is 3.88. The topological polar surface area (TPSA) is 108 Å². The van der Waals surface area contributed by atoms with Crippen LogP contribution in [0.4, 0.5) is 15.8 Å². The van der Waals surface area contributed by atoms with E-state index in [0.29, 0.717) is 17.7 Å². The highest BCUT2D eigenvalue weighted by atomic mass is 19.1. The number of halogens is 1. The third kappa shape index (κ3) is 6.43. The molecule has 0 atom stereocenters. The van der Waals surface area contributed by atoms with Gasteiger partial charge in [0.25, 0.3) is 5.91 Å². The summed E-state index contributed by atoms with van der Waals surface area (Å²) in [7, 11) is 0. The van der Waals surface area contributed by atoms with E-state index in [-0.39, 0.29) is 24.6 Å². The average molecular weight is 498 g/mol. The zero-order chi connectivity index (χ0) is 26.2. The Hall–Kier alpha value is -4.85. The van der Waals surface area contributed by atoms with Gasteiger partial charge in [-0.25, -0.2) is 4.39 Å². The molecule has 0 saturated carbocycles. The number of carbonyl (C=O) groups excluding carboxylic acids is 1. The summed E-state index contributed by atoms with van der Waals surface area (Å²) in [4.78, 5) is 33.6. The number of nitrogens with zero attached hydrogens (tertiary/aromatic N) is 1. The Bertz CT molecular complexity index is 1420. The second-order valence-electron chi connectivity index (χ2n) is 8.32. The van der Waals surface area contributed by atoms with Crippen LogP contribution in [0.3, 0.4) is 0 Å². The second kappa shape index (κ2) is 11.7. The number of aliphatic carboxylic acids is 1. The van der Waals surface area contributed by atoms with Crippen molar-refractivity contribution in [1.29, 1.82) is 0 Å². The maximum absolute atomic E-state index is 13.6. The minimum atomic E-state index is -0.963. The number of hydrogen-bond donors (Lipinski definition) is 3. The molecule has 8 heteroatoms. The molecule has 0 unspecified atom stereocenters. The van der Waals surface area contributed by atoms with E-state index in [2.05, 4.69) is 15.8 Å². The monoisotopic (exact) mass is 497 g/mol. The van der Waals surface area contributed by atoms with Crippen LogP contribution in [0.5, 0.6) is 0 Å². The lowest BCUT2D eigenvalue weighted by Crippen LogP contribution is -2.25. The summed E-state index contributed by atoms with van der Waals surface area (Å²) in [5, 5.41) is 17.4. The zero-order valence-corrected chi connectivity index (χ0v) is 19.8. The molecule has 0 aliphatic heterocycles. The zero-order valence-electron chi connectivity index (χ0n) is 19.8. The van der Waals surface area contributed by atoms with Crippen LogP contribution in [0, 0.1) is 10.7 Å². The standard InChI is InChI=1S/C29H24FN3O4/c30-26-14-11-22(17-27(26)33-37)19-9-12-24(13-10-19)32-18-23-3-1-2-4-25(23)20-5-7-21(8-6-20)29(36)31-16-15-28(34)35/h1-14,17,32H,15-16,18H2,(H,31,36)(H,34,35). The molecule has 0 fully saturated rings. The fourth-order valence-electron chi connectivity index (χ4n) is 3.88. The molecule has 4 rings (SSSR count). The van der Waals surface area contributed by atoms with Gasteiger partial charge in [0.15, 0.2) is 5.82 Å². The molecule has 0 heterocycles. The van der Waals surface area contributed by atoms with Gasteiger partial charge >= 0.3 is 5.97 Å². The molecule has 4 aromatic carbocycles. The number of rotatable bonds is 10. The van der Waals surface area contributed by atoms with Crippen LogP contribution in [0.2, 0.25) is 0 Å². The molecule has 4 aromatic rings. The van der Waals surface area contributed by atoms with Crippen molar-refractivity contribution in [2.45, 2.75) is 13.0 Å². The van der Waals surface area contributed by atoms with E-state index < -0.39 is 11.8 Å². The molecule has 0 spiro atoms. The van der Waals surface area contributed by atoms with Gasteiger partial charge in [0, 0.05) is 24.3 Å². The summed E-state index contributed by atoms with van der Waals surface area (Å²) >= 11 is 0. The highest BCUT2D eigenvalue weighted by Crippen LogP contribution is 2.28. The highest BCUT2D eigenvalue weighted by molar-refractivity contribution is 5.94. The highest BCUT2D eigenvalue weighted by Gasteiger charge is 2.10. The molecule has 7 nitrogen and oxygen atoms in total. The number of carboxylic acid groups (broad SMARTS) is 1. The van der Waals surface area contributed by atoms with Gasteiger partial charge in [-0.15, -0.1) is 4.91 Å². The lowest BCUT2D eigenvalue weighted by molar-refractivity contribution is -0.136. The molecular weight excluding hydrogens is 473 g/mol. The van der Waals surface area contributed by atoms with Crippen LogP contribution in [0.1, 0.15) is 22.3 Å². The minimum absolute atomic E-state index is 0.0757. The van der Waals surface area contributed by atoms with E-state index in [9.17, 15) is 18.9 Å². The Labute approximate surface area is 213 Å². The van der Waals surface area contributed by atoms with Gasteiger partial charge < -0.3 is 15.7 Å². The van der Waals surface area contributed by atoms with Gasteiger partial charge in [0.05, 0.1) is 6.42 Å². The predicted molar refractivity (Wildman–Crippen MR) is 141 cm³/mol. The van der Waals surface area contributed by atoms with Crippen LogP contribution in [-0.4, -0.2) is 23.5 Å². The molecule has 0 bridgehead atoms. The van der Waals surface area contributed by atoms with Crippen molar-refractivity contribution in [3.63, 3.8) is 0 Å². The van der Waals surface area contributed by atoms with Crippen LogP contribution < -0.4 is 10.6 Å². The van der Waals surface area contributed by atoms with Gasteiger partial charge in [0.2, 0.25) is 0 Å². The van der Waals surface area contributed by atoms with Crippen molar-refractivity contribution < 1.29 is 19.1 Å². The normalized spacial score (nSPS) is 10.5. The number of nitrogens with one attached hydrogen (secondary N) is 2. The molecule has 0 aliphatic carbocycles. The van der Waals surface area contributed by atoms with E-state index in [1.807, 2.05) is 60.7 Å². The number of hydrogen-bond acceptors (Lipinski definition) is 5. The van der Waals surface area contributed by atoms with Gasteiger partial charge in [-0.1, -0.05) is 54.6 Å². The molecular formula is C29H24FN3O4. The Morgan fingerprint density at radius 1 is 0.838 bits per heavy atom. The molecule has 0 saturated heterocycles. The van der Waals surface area contributed by atoms with Crippen molar-refractivity contribution in [1.82, 2.24) is 5.32 Å². The molecule has 0 aliphatic rings. The summed E-state index contributed by atoms with van der Waals surface area (Å²) in [6.45, 7) is 0.634. The first-order valence-electron chi connectivity index (χ1n) is 11.6. The molecule has 0 aromatic heterocycles. The van der Waals surface area contributed by atoms with Crippen LogP contribution in [0.25, 0.3) is 22.3 Å². The van der Waals surface area contributed by atoms with Crippen LogP contribution >= 0.6 is 0 Å². The van der Waals surface area contributed by atoms with Gasteiger partial charge in [-0.2, -0.15) is 0 Å². The van der Waals surface area contributed by atoms with Crippen molar-refractivity contribution in [2.24, 2.45) is 5.18 Å².